The van der Waals surface area contributed by atoms with Crippen LogP contribution in [0.1, 0.15) is 78.6 Å². The van der Waals surface area contributed by atoms with Crippen LogP contribution >= 0.6 is 11.8 Å². The standard InChI is InChI=1S/C25H36O3S/c1-15(26)29-18-8-10-24(2)17(13-18)4-5-19-21-7-6-20(16-12-23(27)28-14-16)25(21,3)11-9-22(19)24/h12,17-22H,4-11,13-14H2,1-3H3/t17?,18-,19-,20+,21-,22-,24-,25+/m0/s1. The van der Waals surface area contributed by atoms with Crippen LogP contribution in [0.4, 0.5) is 0 Å². The van der Waals surface area contributed by atoms with Crippen LogP contribution in [0.2, 0.25) is 0 Å². The predicted octanol–water partition coefficient (Wildman–Crippen LogP) is 5.78. The van der Waals surface area contributed by atoms with Crippen molar-refractivity contribution in [1.82, 2.24) is 0 Å². The first-order valence-electron chi connectivity index (χ1n) is 11.9. The molecule has 1 unspecified atom stereocenters. The summed E-state index contributed by atoms with van der Waals surface area (Å²) in [6.45, 7) is 7.40. The van der Waals surface area contributed by atoms with Crippen LogP contribution in [-0.4, -0.2) is 22.9 Å². The molecule has 0 saturated heterocycles. The molecule has 0 bridgehead atoms. The van der Waals surface area contributed by atoms with Gasteiger partial charge in [-0.25, -0.2) is 4.79 Å². The molecule has 4 fully saturated rings. The van der Waals surface area contributed by atoms with E-state index in [1.165, 1.54) is 63.4 Å². The van der Waals surface area contributed by atoms with E-state index >= 15 is 0 Å². The minimum Gasteiger partial charge on any atom is -0.458 e. The van der Waals surface area contributed by atoms with Gasteiger partial charge in [0.25, 0.3) is 0 Å². The molecule has 1 heterocycles. The highest BCUT2D eigenvalue weighted by Gasteiger charge is 2.60. The molecule has 0 spiro atoms. The van der Waals surface area contributed by atoms with E-state index in [9.17, 15) is 9.59 Å². The zero-order valence-electron chi connectivity index (χ0n) is 18.2. The number of rotatable bonds is 2. The molecule has 4 heteroatoms. The Hall–Kier alpha value is -0.770. The van der Waals surface area contributed by atoms with Crippen molar-refractivity contribution >= 4 is 22.8 Å². The summed E-state index contributed by atoms with van der Waals surface area (Å²) in [6, 6.07) is 0. The van der Waals surface area contributed by atoms with Crippen molar-refractivity contribution in [2.24, 2.45) is 40.4 Å². The van der Waals surface area contributed by atoms with Gasteiger partial charge in [-0.15, -0.1) is 0 Å². The van der Waals surface area contributed by atoms with Gasteiger partial charge in [-0.3, -0.25) is 4.79 Å². The van der Waals surface area contributed by atoms with Gasteiger partial charge in [-0.2, -0.15) is 0 Å². The average molecular weight is 417 g/mol. The molecule has 0 aromatic rings. The molecular weight excluding hydrogens is 380 g/mol. The quantitative estimate of drug-likeness (QED) is 0.536. The molecule has 0 N–H and O–H groups in total. The van der Waals surface area contributed by atoms with Gasteiger partial charge in [-0.1, -0.05) is 25.6 Å². The molecule has 4 saturated carbocycles. The van der Waals surface area contributed by atoms with Crippen LogP contribution in [0.15, 0.2) is 11.6 Å². The monoisotopic (exact) mass is 416 g/mol. The first-order valence-corrected chi connectivity index (χ1v) is 12.7. The van der Waals surface area contributed by atoms with Crippen molar-refractivity contribution in [2.75, 3.05) is 6.61 Å². The Labute approximate surface area is 179 Å². The van der Waals surface area contributed by atoms with Crippen LogP contribution in [-0.2, 0) is 14.3 Å². The van der Waals surface area contributed by atoms with Gasteiger partial charge >= 0.3 is 5.97 Å². The van der Waals surface area contributed by atoms with E-state index in [0.717, 1.165) is 23.7 Å². The Morgan fingerprint density at radius 3 is 2.52 bits per heavy atom. The molecule has 0 aromatic heterocycles. The number of carbonyl (C=O) groups is 2. The zero-order chi connectivity index (χ0) is 20.4. The molecule has 1 aliphatic heterocycles. The third-order valence-corrected chi connectivity index (χ3v) is 11.2. The maximum atomic E-state index is 11.7. The van der Waals surface area contributed by atoms with Gasteiger partial charge in [0, 0.05) is 18.2 Å². The van der Waals surface area contributed by atoms with Crippen molar-refractivity contribution in [1.29, 1.82) is 0 Å². The summed E-state index contributed by atoms with van der Waals surface area (Å²) in [5.74, 6) is 3.75. The molecule has 0 amide bonds. The lowest BCUT2D eigenvalue weighted by Gasteiger charge is -2.61. The van der Waals surface area contributed by atoms with Gasteiger partial charge in [0.15, 0.2) is 5.12 Å². The van der Waals surface area contributed by atoms with Crippen LogP contribution in [0.5, 0.6) is 0 Å². The predicted molar refractivity (Wildman–Crippen MR) is 116 cm³/mol. The van der Waals surface area contributed by atoms with E-state index in [1.807, 2.05) is 0 Å². The molecule has 3 nitrogen and oxygen atoms in total. The molecule has 160 valence electrons. The zero-order valence-corrected chi connectivity index (χ0v) is 19.1. The lowest BCUT2D eigenvalue weighted by molar-refractivity contribution is -0.135. The van der Waals surface area contributed by atoms with Crippen LogP contribution in [0.3, 0.4) is 0 Å². The molecule has 0 aromatic carbocycles. The number of carbonyl (C=O) groups excluding carboxylic acids is 2. The minimum absolute atomic E-state index is 0.131. The Bertz CT molecular complexity index is 744. The summed E-state index contributed by atoms with van der Waals surface area (Å²) in [6.07, 6.45) is 13.6. The third kappa shape index (κ3) is 3.15. The lowest BCUT2D eigenvalue weighted by Crippen LogP contribution is -2.53. The topological polar surface area (TPSA) is 43.4 Å². The SMILES string of the molecule is CC(=O)S[C@H]1CC[C@@]2(C)C(CC[C@H]3[C@@H]4CC[C@H](C5=CC(=O)OC5)[C@@]4(C)CC[C@@H]32)C1. The van der Waals surface area contributed by atoms with E-state index in [2.05, 4.69) is 13.8 Å². The fourth-order valence-corrected chi connectivity index (χ4v) is 9.79. The van der Waals surface area contributed by atoms with E-state index in [-0.39, 0.29) is 5.97 Å². The van der Waals surface area contributed by atoms with Crippen molar-refractivity contribution in [2.45, 2.75) is 83.8 Å². The molecule has 8 atom stereocenters. The lowest BCUT2D eigenvalue weighted by atomic mass is 9.44. The minimum atomic E-state index is -0.131. The van der Waals surface area contributed by atoms with Crippen LogP contribution in [0, 0.1) is 40.4 Å². The molecule has 4 aliphatic carbocycles. The molecule has 5 rings (SSSR count). The molecule has 29 heavy (non-hydrogen) atoms. The van der Waals surface area contributed by atoms with E-state index in [1.54, 1.807) is 24.8 Å². The Morgan fingerprint density at radius 1 is 1.03 bits per heavy atom. The van der Waals surface area contributed by atoms with Crippen LogP contribution in [0.25, 0.3) is 0 Å². The number of esters is 1. The average Bonchev–Trinajstić information content (AvgIpc) is 3.24. The second kappa shape index (κ2) is 7.14. The smallest absolute Gasteiger partial charge is 0.331 e. The fourth-order valence-electron chi connectivity index (χ4n) is 8.76. The number of hydrogen-bond donors (Lipinski definition) is 0. The summed E-state index contributed by atoms with van der Waals surface area (Å²) in [5.41, 5.74) is 2.11. The highest BCUT2D eigenvalue weighted by Crippen LogP contribution is 2.68. The molecule has 0 radical (unpaired) electrons. The van der Waals surface area contributed by atoms with Crippen molar-refractivity contribution in [3.05, 3.63) is 11.6 Å². The Morgan fingerprint density at radius 2 is 1.79 bits per heavy atom. The first kappa shape index (κ1) is 20.2. The van der Waals surface area contributed by atoms with Gasteiger partial charge < -0.3 is 4.74 Å². The fraction of sp³-hybridized carbons (Fsp3) is 0.840. The largest absolute Gasteiger partial charge is 0.458 e. The summed E-state index contributed by atoms with van der Waals surface area (Å²) < 4.78 is 5.28. The summed E-state index contributed by atoms with van der Waals surface area (Å²) >= 11 is 1.60. The second-order valence-electron chi connectivity index (χ2n) is 11.2. The van der Waals surface area contributed by atoms with Crippen molar-refractivity contribution in [3.8, 4) is 0 Å². The molecular formula is C25H36O3S. The maximum absolute atomic E-state index is 11.7. The van der Waals surface area contributed by atoms with Gasteiger partial charge in [-0.05, 0) is 104 Å². The summed E-state index contributed by atoms with van der Waals surface area (Å²) in [4.78, 5) is 23.3. The highest BCUT2D eigenvalue weighted by atomic mass is 32.2. The third-order valence-electron chi connectivity index (χ3n) is 10.1. The van der Waals surface area contributed by atoms with Crippen LogP contribution < -0.4 is 0 Å². The second-order valence-corrected chi connectivity index (χ2v) is 12.6. The normalized spacial score (nSPS) is 48.9. The first-order chi connectivity index (χ1) is 13.8. The van der Waals surface area contributed by atoms with Gasteiger partial charge in [0.05, 0.1) is 0 Å². The summed E-state index contributed by atoms with van der Waals surface area (Å²) in [5, 5.41) is 0.847. The van der Waals surface area contributed by atoms with E-state index < -0.39 is 0 Å². The molecule has 5 aliphatic rings. The number of fused-ring (bicyclic) bond motifs is 5. The van der Waals surface area contributed by atoms with Gasteiger partial charge in [0.1, 0.15) is 6.61 Å². The van der Waals surface area contributed by atoms with Gasteiger partial charge in [0.2, 0.25) is 0 Å². The Kier molecular flexibility index (Phi) is 4.96. The Balaban J connectivity index is 1.35. The van der Waals surface area contributed by atoms with Crippen molar-refractivity contribution < 1.29 is 14.3 Å². The number of ether oxygens (including phenoxy) is 1. The number of hydrogen-bond acceptors (Lipinski definition) is 4. The maximum Gasteiger partial charge on any atom is 0.331 e. The van der Waals surface area contributed by atoms with E-state index in [4.69, 9.17) is 4.74 Å². The number of cyclic esters (lactones) is 1. The van der Waals surface area contributed by atoms with E-state index in [0.29, 0.717) is 33.7 Å². The number of thioether (sulfide) groups is 1. The highest BCUT2D eigenvalue weighted by molar-refractivity contribution is 8.14. The van der Waals surface area contributed by atoms with Crippen molar-refractivity contribution in [3.63, 3.8) is 0 Å². The summed E-state index contributed by atoms with van der Waals surface area (Å²) in [7, 11) is 0.